The van der Waals surface area contributed by atoms with E-state index in [1.165, 1.54) is 6.26 Å². The van der Waals surface area contributed by atoms with Crippen LogP contribution >= 0.6 is 15.9 Å². The maximum atomic E-state index is 13.5. The molecular formula is C12H9BrF2O. The van der Waals surface area contributed by atoms with Crippen LogP contribution in [0.4, 0.5) is 8.78 Å². The third kappa shape index (κ3) is 2.02. The van der Waals surface area contributed by atoms with Crippen molar-refractivity contribution in [3.63, 3.8) is 0 Å². The summed E-state index contributed by atoms with van der Waals surface area (Å²) in [5, 5.41) is 0. The zero-order valence-corrected chi connectivity index (χ0v) is 10.1. The Labute approximate surface area is 100 Å². The molecule has 2 aromatic rings. The van der Waals surface area contributed by atoms with Crippen molar-refractivity contribution in [1.82, 2.24) is 0 Å². The number of hydrogen-bond acceptors (Lipinski definition) is 1. The Morgan fingerprint density at radius 3 is 2.62 bits per heavy atom. The van der Waals surface area contributed by atoms with Gasteiger partial charge in [0, 0.05) is 5.56 Å². The predicted octanol–water partition coefficient (Wildman–Crippen LogP) is 4.35. The van der Waals surface area contributed by atoms with Gasteiger partial charge in [-0.15, -0.1) is 0 Å². The van der Waals surface area contributed by atoms with Crippen molar-refractivity contribution in [2.45, 2.75) is 11.8 Å². The summed E-state index contributed by atoms with van der Waals surface area (Å²) in [4.78, 5) is -0.474. The molecular weight excluding hydrogens is 278 g/mol. The molecule has 0 fully saturated rings. The fraction of sp³-hybridized carbons (Fsp3) is 0.167. The molecule has 0 aliphatic heterocycles. The molecule has 0 aliphatic carbocycles. The number of furan rings is 1. The maximum absolute atomic E-state index is 13.5. The van der Waals surface area contributed by atoms with Crippen LogP contribution in [0, 0.1) is 18.6 Å². The van der Waals surface area contributed by atoms with Crippen molar-refractivity contribution < 1.29 is 13.2 Å². The summed E-state index contributed by atoms with van der Waals surface area (Å²) in [6, 6.07) is 5.14. The van der Waals surface area contributed by atoms with Gasteiger partial charge in [0.1, 0.15) is 22.2 Å². The summed E-state index contributed by atoms with van der Waals surface area (Å²) in [5.41, 5.74) is 1.13. The lowest BCUT2D eigenvalue weighted by Gasteiger charge is -2.09. The fourth-order valence-electron chi connectivity index (χ4n) is 1.49. The normalized spacial score (nSPS) is 12.8. The zero-order valence-electron chi connectivity index (χ0n) is 8.51. The summed E-state index contributed by atoms with van der Waals surface area (Å²) in [6.45, 7) is 1.85. The van der Waals surface area contributed by atoms with Crippen LogP contribution in [-0.2, 0) is 0 Å². The summed E-state index contributed by atoms with van der Waals surface area (Å²) in [7, 11) is 0. The molecule has 1 heterocycles. The first-order valence-electron chi connectivity index (χ1n) is 4.72. The minimum atomic E-state index is -0.474. The molecule has 2 rings (SSSR count). The first-order valence-corrected chi connectivity index (χ1v) is 5.64. The summed E-state index contributed by atoms with van der Waals surface area (Å²) >= 11 is 3.31. The quantitative estimate of drug-likeness (QED) is 0.748. The summed E-state index contributed by atoms with van der Waals surface area (Å²) < 4.78 is 31.8. The van der Waals surface area contributed by atoms with Crippen molar-refractivity contribution in [2.75, 3.05) is 0 Å². The van der Waals surface area contributed by atoms with Crippen molar-refractivity contribution in [2.24, 2.45) is 0 Å². The molecule has 0 saturated carbocycles. The fourth-order valence-corrected chi connectivity index (χ4v) is 2.31. The second kappa shape index (κ2) is 4.37. The van der Waals surface area contributed by atoms with Gasteiger partial charge in [0.15, 0.2) is 0 Å². The Kier molecular flexibility index (Phi) is 3.10. The minimum Gasteiger partial charge on any atom is -0.468 e. The van der Waals surface area contributed by atoms with Gasteiger partial charge in [0.25, 0.3) is 0 Å². The lowest BCUT2D eigenvalue weighted by atomic mass is 10.1. The van der Waals surface area contributed by atoms with Gasteiger partial charge in [-0.2, -0.15) is 0 Å². The molecule has 16 heavy (non-hydrogen) atoms. The standard InChI is InChI=1S/C12H9BrF2O/c1-7-4-5-16-12(7)11(13)9-6-8(14)2-3-10(9)15/h2-6,11H,1H3. The molecule has 84 valence electrons. The van der Waals surface area contributed by atoms with E-state index in [1.807, 2.05) is 6.92 Å². The second-order valence-corrected chi connectivity index (χ2v) is 4.41. The van der Waals surface area contributed by atoms with Crippen LogP contribution in [-0.4, -0.2) is 0 Å². The van der Waals surface area contributed by atoms with Crippen molar-refractivity contribution in [3.8, 4) is 0 Å². The first-order chi connectivity index (χ1) is 7.59. The van der Waals surface area contributed by atoms with Gasteiger partial charge in [0.2, 0.25) is 0 Å². The highest BCUT2D eigenvalue weighted by atomic mass is 79.9. The van der Waals surface area contributed by atoms with Crippen molar-refractivity contribution >= 4 is 15.9 Å². The molecule has 0 N–H and O–H groups in total. The molecule has 1 aromatic carbocycles. The van der Waals surface area contributed by atoms with E-state index in [0.717, 1.165) is 23.8 Å². The molecule has 0 spiro atoms. The lowest BCUT2D eigenvalue weighted by molar-refractivity contribution is 0.509. The highest BCUT2D eigenvalue weighted by Gasteiger charge is 2.20. The van der Waals surface area contributed by atoms with E-state index in [9.17, 15) is 8.78 Å². The molecule has 1 unspecified atom stereocenters. The molecule has 1 atom stereocenters. The largest absolute Gasteiger partial charge is 0.468 e. The van der Waals surface area contributed by atoms with Gasteiger partial charge in [-0.3, -0.25) is 0 Å². The van der Waals surface area contributed by atoms with E-state index in [1.54, 1.807) is 6.07 Å². The van der Waals surface area contributed by atoms with E-state index < -0.39 is 16.5 Å². The maximum Gasteiger partial charge on any atom is 0.128 e. The van der Waals surface area contributed by atoms with E-state index >= 15 is 0 Å². The number of aryl methyl sites for hydroxylation is 1. The number of alkyl halides is 1. The Morgan fingerprint density at radius 1 is 1.25 bits per heavy atom. The molecule has 4 heteroatoms. The average Bonchev–Trinajstić information content (AvgIpc) is 2.67. The minimum absolute atomic E-state index is 0.234. The zero-order chi connectivity index (χ0) is 11.7. The van der Waals surface area contributed by atoms with Gasteiger partial charge in [-0.1, -0.05) is 15.9 Å². The molecule has 0 saturated heterocycles. The van der Waals surface area contributed by atoms with Crippen LogP contribution in [0.2, 0.25) is 0 Å². The highest BCUT2D eigenvalue weighted by molar-refractivity contribution is 9.09. The van der Waals surface area contributed by atoms with Gasteiger partial charge in [0.05, 0.1) is 6.26 Å². The summed E-state index contributed by atoms with van der Waals surface area (Å²) in [6.07, 6.45) is 1.52. The molecule has 0 aliphatic rings. The third-order valence-electron chi connectivity index (χ3n) is 2.36. The number of rotatable bonds is 2. The van der Waals surface area contributed by atoms with E-state index in [4.69, 9.17) is 4.42 Å². The van der Waals surface area contributed by atoms with E-state index in [-0.39, 0.29) is 5.56 Å². The monoisotopic (exact) mass is 286 g/mol. The van der Waals surface area contributed by atoms with Crippen LogP contribution in [0.25, 0.3) is 0 Å². The molecule has 1 nitrogen and oxygen atoms in total. The highest BCUT2D eigenvalue weighted by Crippen LogP contribution is 2.34. The van der Waals surface area contributed by atoms with Gasteiger partial charge in [-0.25, -0.2) is 8.78 Å². The Morgan fingerprint density at radius 2 is 2.00 bits per heavy atom. The molecule has 0 radical (unpaired) electrons. The molecule has 1 aromatic heterocycles. The van der Waals surface area contributed by atoms with E-state index in [2.05, 4.69) is 15.9 Å². The molecule has 0 amide bonds. The van der Waals surface area contributed by atoms with Crippen LogP contribution in [0.5, 0.6) is 0 Å². The Balaban J connectivity index is 2.45. The smallest absolute Gasteiger partial charge is 0.128 e. The SMILES string of the molecule is Cc1ccoc1C(Br)c1cc(F)ccc1F. The lowest BCUT2D eigenvalue weighted by Crippen LogP contribution is -1.97. The van der Waals surface area contributed by atoms with E-state index in [0.29, 0.717) is 5.76 Å². The third-order valence-corrected chi connectivity index (χ3v) is 3.27. The Hall–Kier alpha value is -1.16. The van der Waals surface area contributed by atoms with Gasteiger partial charge in [-0.05, 0) is 36.8 Å². The first kappa shape index (κ1) is 11.3. The van der Waals surface area contributed by atoms with Crippen LogP contribution in [0.3, 0.4) is 0 Å². The van der Waals surface area contributed by atoms with Crippen molar-refractivity contribution in [1.29, 1.82) is 0 Å². The predicted molar refractivity (Wildman–Crippen MR) is 60.6 cm³/mol. The average molecular weight is 287 g/mol. The second-order valence-electron chi connectivity index (χ2n) is 3.50. The Bertz CT molecular complexity index is 507. The number of halogens is 3. The topological polar surface area (TPSA) is 13.1 Å². The van der Waals surface area contributed by atoms with Crippen LogP contribution < -0.4 is 0 Å². The molecule has 0 bridgehead atoms. The van der Waals surface area contributed by atoms with Gasteiger partial charge >= 0.3 is 0 Å². The number of hydrogen-bond donors (Lipinski definition) is 0. The van der Waals surface area contributed by atoms with Crippen LogP contribution in [0.15, 0.2) is 34.9 Å². The summed E-state index contributed by atoms with van der Waals surface area (Å²) in [5.74, 6) is -0.339. The number of benzene rings is 1. The van der Waals surface area contributed by atoms with Gasteiger partial charge < -0.3 is 4.42 Å². The van der Waals surface area contributed by atoms with Crippen molar-refractivity contribution in [3.05, 3.63) is 59.1 Å². The van der Waals surface area contributed by atoms with Crippen LogP contribution in [0.1, 0.15) is 21.7 Å².